The molecule has 25 heavy (non-hydrogen) atoms. The van der Waals surface area contributed by atoms with Gasteiger partial charge in [0.05, 0.1) is 12.1 Å². The van der Waals surface area contributed by atoms with E-state index in [1.165, 1.54) is 0 Å². The Morgan fingerprint density at radius 2 is 2.16 bits per heavy atom. The van der Waals surface area contributed by atoms with Crippen LogP contribution in [0.4, 0.5) is 10.5 Å². The Hall–Kier alpha value is -1.71. The van der Waals surface area contributed by atoms with E-state index in [1.54, 1.807) is 24.3 Å². The third kappa shape index (κ3) is 4.68. The van der Waals surface area contributed by atoms with E-state index in [4.69, 9.17) is 10.0 Å². The number of unbranched alkanes of at least 4 members (excludes halogenated alkanes) is 1. The van der Waals surface area contributed by atoms with Crippen LogP contribution < -0.4 is 21.4 Å². The van der Waals surface area contributed by atoms with Crippen molar-refractivity contribution in [3.63, 3.8) is 0 Å². The zero-order valence-electron chi connectivity index (χ0n) is 13.8. The second-order valence-electron chi connectivity index (χ2n) is 6.41. The van der Waals surface area contributed by atoms with Gasteiger partial charge in [0.1, 0.15) is 0 Å². The van der Waals surface area contributed by atoms with E-state index in [0.29, 0.717) is 22.8 Å². The van der Waals surface area contributed by atoms with Gasteiger partial charge in [-0.3, -0.25) is 4.79 Å². The zero-order chi connectivity index (χ0) is 17.8. The number of thioether (sulfide) groups is 1. The first-order valence-corrected chi connectivity index (χ1v) is 9.52. The van der Waals surface area contributed by atoms with E-state index in [0.717, 1.165) is 25.0 Å². The minimum atomic E-state index is -1.55. The Balaban J connectivity index is 1.37. The highest BCUT2D eigenvalue weighted by Crippen LogP contribution is 2.33. The van der Waals surface area contributed by atoms with Crippen molar-refractivity contribution >= 4 is 42.0 Å². The first kappa shape index (κ1) is 18.1. The number of nitrogens with one attached hydrogen (secondary N) is 3. The first-order valence-electron chi connectivity index (χ1n) is 8.47. The van der Waals surface area contributed by atoms with Gasteiger partial charge in [-0.1, -0.05) is 18.6 Å². The molecule has 2 aliphatic rings. The minimum Gasteiger partial charge on any atom is -0.423 e. The first-order chi connectivity index (χ1) is 12.0. The highest BCUT2D eigenvalue weighted by atomic mass is 32.2. The Kier molecular flexibility index (Phi) is 5.87. The molecule has 1 aromatic carbocycles. The van der Waals surface area contributed by atoms with E-state index in [1.807, 2.05) is 11.8 Å². The summed E-state index contributed by atoms with van der Waals surface area (Å²) >= 11 is 1.88. The average Bonchev–Trinajstić information content (AvgIpc) is 3.11. The van der Waals surface area contributed by atoms with Crippen molar-refractivity contribution in [1.29, 1.82) is 0 Å². The van der Waals surface area contributed by atoms with Crippen LogP contribution in [0, 0.1) is 0 Å². The average molecular weight is 363 g/mol. The van der Waals surface area contributed by atoms with Gasteiger partial charge in [0.15, 0.2) is 0 Å². The van der Waals surface area contributed by atoms with E-state index in [9.17, 15) is 9.59 Å². The molecule has 134 valence electrons. The number of carbonyl (C=O) groups is 2. The molecule has 9 heteroatoms. The van der Waals surface area contributed by atoms with Gasteiger partial charge in [-0.15, -0.1) is 0 Å². The van der Waals surface area contributed by atoms with Crippen LogP contribution in [0.3, 0.4) is 0 Å². The van der Waals surface area contributed by atoms with Crippen LogP contribution in [0.25, 0.3) is 0 Å². The molecule has 0 spiro atoms. The van der Waals surface area contributed by atoms with Gasteiger partial charge in [-0.2, -0.15) is 11.8 Å². The highest BCUT2D eigenvalue weighted by molar-refractivity contribution is 8.00. The largest absolute Gasteiger partial charge is 0.488 e. The van der Waals surface area contributed by atoms with Gasteiger partial charge in [0, 0.05) is 23.1 Å². The number of benzene rings is 1. The summed E-state index contributed by atoms with van der Waals surface area (Å²) in [5, 5.41) is 27.4. The molecule has 0 bridgehead atoms. The third-order valence-corrected chi connectivity index (χ3v) is 6.06. The van der Waals surface area contributed by atoms with Crippen LogP contribution in [0.1, 0.15) is 25.7 Å². The predicted molar refractivity (Wildman–Crippen MR) is 98.9 cm³/mol. The number of fused-ring (bicyclic) bond motifs is 1. The fraction of sp³-hybridized carbons (Fsp3) is 0.500. The lowest BCUT2D eigenvalue weighted by molar-refractivity contribution is -0.116. The molecule has 0 unspecified atom stereocenters. The molecule has 3 atom stereocenters. The molecular weight excluding hydrogens is 341 g/mol. The number of carbonyl (C=O) groups excluding carboxylic acids is 2. The second-order valence-corrected chi connectivity index (χ2v) is 7.69. The Morgan fingerprint density at radius 1 is 1.32 bits per heavy atom. The fourth-order valence-electron chi connectivity index (χ4n) is 3.27. The molecule has 2 fully saturated rings. The monoisotopic (exact) mass is 363 g/mol. The van der Waals surface area contributed by atoms with Crippen molar-refractivity contribution in [1.82, 2.24) is 10.6 Å². The molecule has 1 aromatic rings. The summed E-state index contributed by atoms with van der Waals surface area (Å²) in [4.78, 5) is 23.4. The smallest absolute Gasteiger partial charge is 0.423 e. The van der Waals surface area contributed by atoms with Crippen LogP contribution >= 0.6 is 11.8 Å². The number of hydrogen-bond acceptors (Lipinski definition) is 5. The summed E-state index contributed by atoms with van der Waals surface area (Å²) in [5.74, 6) is 0.860. The topological polar surface area (TPSA) is 111 Å². The molecule has 0 aliphatic carbocycles. The SMILES string of the molecule is O=C(CCCC[C@@H]1SC[C@H]2NC(=O)N[C@@H]12)Nc1cccc(B(O)O)c1. The fourth-order valence-corrected chi connectivity index (χ4v) is 4.82. The highest BCUT2D eigenvalue weighted by Gasteiger charge is 2.42. The maximum Gasteiger partial charge on any atom is 0.488 e. The molecule has 2 heterocycles. The van der Waals surface area contributed by atoms with Crippen LogP contribution in [-0.2, 0) is 4.79 Å². The number of anilines is 1. The molecule has 3 amide bonds. The lowest BCUT2D eigenvalue weighted by atomic mass is 9.80. The zero-order valence-corrected chi connectivity index (χ0v) is 14.6. The van der Waals surface area contributed by atoms with Crippen LogP contribution in [0.15, 0.2) is 24.3 Å². The maximum absolute atomic E-state index is 12.0. The molecule has 0 aromatic heterocycles. The minimum absolute atomic E-state index is 0.0742. The molecule has 7 nitrogen and oxygen atoms in total. The van der Waals surface area contributed by atoms with Crippen LogP contribution in [-0.4, -0.2) is 52.2 Å². The number of hydrogen-bond donors (Lipinski definition) is 5. The standard InChI is InChI=1S/C16H22BN3O4S/c21-14(18-11-5-3-4-10(8-11)17(23)24)7-2-1-6-13-15-12(9-25-13)19-16(22)20-15/h3-5,8,12-13,15,23-24H,1-2,6-7,9H2,(H,18,21)(H2,19,20,22)/t12-,13+,15-/m1/s1. The van der Waals surface area contributed by atoms with Crippen molar-refractivity contribution in [2.24, 2.45) is 0 Å². The van der Waals surface area contributed by atoms with Gasteiger partial charge in [-0.25, -0.2) is 4.79 Å². The Labute approximate surface area is 151 Å². The molecule has 0 saturated carbocycles. The summed E-state index contributed by atoms with van der Waals surface area (Å²) in [6.07, 6.45) is 3.11. The van der Waals surface area contributed by atoms with E-state index < -0.39 is 7.12 Å². The van der Waals surface area contributed by atoms with Crippen LogP contribution in [0.5, 0.6) is 0 Å². The molecule has 0 radical (unpaired) electrons. The van der Waals surface area contributed by atoms with E-state index in [2.05, 4.69) is 16.0 Å². The predicted octanol–water partition coefficient (Wildman–Crippen LogP) is 0.0307. The lowest BCUT2D eigenvalue weighted by Crippen LogP contribution is -2.36. The van der Waals surface area contributed by atoms with E-state index >= 15 is 0 Å². The molecule has 2 aliphatic heterocycles. The van der Waals surface area contributed by atoms with E-state index in [-0.39, 0.29) is 24.0 Å². The summed E-state index contributed by atoms with van der Waals surface area (Å²) < 4.78 is 0. The van der Waals surface area contributed by atoms with Gasteiger partial charge in [0.25, 0.3) is 0 Å². The third-order valence-electron chi connectivity index (χ3n) is 4.55. The number of rotatable bonds is 7. The maximum atomic E-state index is 12.0. The van der Waals surface area contributed by atoms with Crippen molar-refractivity contribution in [2.75, 3.05) is 11.1 Å². The van der Waals surface area contributed by atoms with Crippen molar-refractivity contribution < 1.29 is 19.6 Å². The normalized spacial score (nSPS) is 24.4. The van der Waals surface area contributed by atoms with Crippen molar-refractivity contribution in [2.45, 2.75) is 43.0 Å². The van der Waals surface area contributed by atoms with Crippen molar-refractivity contribution in [3.8, 4) is 0 Å². The second kappa shape index (κ2) is 8.12. The van der Waals surface area contributed by atoms with Crippen molar-refractivity contribution in [3.05, 3.63) is 24.3 Å². The molecular formula is C16H22BN3O4S. The Morgan fingerprint density at radius 3 is 2.96 bits per heavy atom. The quantitative estimate of drug-likeness (QED) is 0.267. The van der Waals surface area contributed by atoms with Gasteiger partial charge in [0.2, 0.25) is 5.91 Å². The Bertz CT molecular complexity index is 646. The summed E-state index contributed by atoms with van der Waals surface area (Å²) in [5.41, 5.74) is 0.905. The lowest BCUT2D eigenvalue weighted by Gasteiger charge is -2.16. The molecule has 5 N–H and O–H groups in total. The summed E-state index contributed by atoms with van der Waals surface area (Å²) in [6, 6.07) is 6.89. The summed E-state index contributed by atoms with van der Waals surface area (Å²) in [7, 11) is -1.55. The molecule has 2 saturated heterocycles. The number of amides is 3. The van der Waals surface area contributed by atoms with Gasteiger partial charge >= 0.3 is 13.1 Å². The van der Waals surface area contributed by atoms with Gasteiger partial charge < -0.3 is 26.0 Å². The van der Waals surface area contributed by atoms with Crippen LogP contribution in [0.2, 0.25) is 0 Å². The molecule has 3 rings (SSSR count). The van der Waals surface area contributed by atoms with Gasteiger partial charge in [-0.05, 0) is 30.4 Å². The number of urea groups is 1. The summed E-state index contributed by atoms with van der Waals surface area (Å²) in [6.45, 7) is 0.